The highest BCUT2D eigenvalue weighted by Gasteiger charge is 2.26. The van der Waals surface area contributed by atoms with Gasteiger partial charge in [-0.15, -0.1) is 0 Å². The summed E-state index contributed by atoms with van der Waals surface area (Å²) >= 11 is 1.73. The number of aryl methyl sites for hydroxylation is 2. The molecule has 1 saturated heterocycles. The van der Waals surface area contributed by atoms with Gasteiger partial charge in [0.25, 0.3) is 5.91 Å². The molecule has 1 aliphatic rings. The summed E-state index contributed by atoms with van der Waals surface area (Å²) in [5, 5.41) is 5.50. The molecular weight excluding hydrogens is 406 g/mol. The van der Waals surface area contributed by atoms with E-state index in [9.17, 15) is 4.79 Å². The summed E-state index contributed by atoms with van der Waals surface area (Å²) in [6.07, 6.45) is 1.69. The summed E-state index contributed by atoms with van der Waals surface area (Å²) in [5.41, 5.74) is 6.12. The Morgan fingerprint density at radius 1 is 0.968 bits per heavy atom. The van der Waals surface area contributed by atoms with Crippen molar-refractivity contribution in [1.29, 1.82) is 0 Å². The zero-order valence-corrected chi connectivity index (χ0v) is 18.8. The molecule has 0 spiro atoms. The molecule has 6 nitrogen and oxygen atoms in total. The van der Waals surface area contributed by atoms with Crippen LogP contribution >= 0.6 is 11.3 Å². The van der Waals surface area contributed by atoms with Gasteiger partial charge < -0.3 is 9.80 Å². The topological polar surface area (TPSA) is 54.3 Å². The molecule has 0 aliphatic carbocycles. The number of carbonyl (C=O) groups is 1. The van der Waals surface area contributed by atoms with Gasteiger partial charge in [-0.3, -0.25) is 4.79 Å². The quantitative estimate of drug-likeness (QED) is 0.483. The Balaban J connectivity index is 1.30. The van der Waals surface area contributed by atoms with E-state index < -0.39 is 0 Å². The second kappa shape index (κ2) is 7.81. The second-order valence-corrected chi connectivity index (χ2v) is 9.03. The van der Waals surface area contributed by atoms with Crippen molar-refractivity contribution in [2.75, 3.05) is 31.1 Å². The number of carbonyl (C=O) groups excluding carboxylic acids is 1. The zero-order chi connectivity index (χ0) is 21.5. The maximum atomic E-state index is 13.2. The molecule has 0 saturated carbocycles. The van der Waals surface area contributed by atoms with Crippen LogP contribution in [0.4, 0.5) is 5.13 Å². The first-order valence-corrected chi connectivity index (χ1v) is 11.4. The van der Waals surface area contributed by atoms with E-state index >= 15 is 0 Å². The summed E-state index contributed by atoms with van der Waals surface area (Å²) in [6.45, 7) is 9.15. The molecule has 1 amide bonds. The molecule has 4 aromatic rings. The molecule has 2 aromatic carbocycles. The molecule has 0 atom stereocenters. The number of thiazole rings is 1. The molecule has 0 bridgehead atoms. The van der Waals surface area contributed by atoms with E-state index in [0.29, 0.717) is 18.7 Å². The predicted molar refractivity (Wildman–Crippen MR) is 126 cm³/mol. The highest BCUT2D eigenvalue weighted by molar-refractivity contribution is 7.22. The predicted octanol–water partition coefficient (Wildman–Crippen LogP) is 4.37. The number of anilines is 1. The van der Waals surface area contributed by atoms with Gasteiger partial charge in [0, 0.05) is 26.2 Å². The van der Waals surface area contributed by atoms with Crippen molar-refractivity contribution >= 4 is 32.6 Å². The summed E-state index contributed by atoms with van der Waals surface area (Å²) < 4.78 is 3.05. The molecule has 0 N–H and O–H groups in total. The molecule has 158 valence electrons. The fourth-order valence-electron chi connectivity index (χ4n) is 4.07. The zero-order valence-electron chi connectivity index (χ0n) is 18.0. The van der Waals surface area contributed by atoms with Crippen molar-refractivity contribution in [2.24, 2.45) is 0 Å². The molecule has 1 fully saturated rings. The van der Waals surface area contributed by atoms with Crippen LogP contribution in [0.3, 0.4) is 0 Å². The standard InChI is InChI=1S/C24H25N5OS/c1-16-9-10-21-22(17(16)2)26-24(31-21)28-13-11-27(12-14-28)23(30)20-15-25-29(18(20)3)19-7-5-4-6-8-19/h4-10,15H,11-14H2,1-3H3. The van der Waals surface area contributed by atoms with E-state index in [0.717, 1.165) is 35.1 Å². The third-order valence-corrected chi connectivity index (χ3v) is 7.23. The maximum Gasteiger partial charge on any atom is 0.257 e. The maximum absolute atomic E-state index is 13.2. The third-order valence-electron chi connectivity index (χ3n) is 6.15. The van der Waals surface area contributed by atoms with E-state index in [4.69, 9.17) is 4.98 Å². The molecule has 5 rings (SSSR count). The third kappa shape index (κ3) is 3.49. The van der Waals surface area contributed by atoms with E-state index in [1.807, 2.05) is 46.8 Å². The van der Waals surface area contributed by atoms with Gasteiger partial charge in [0.15, 0.2) is 5.13 Å². The van der Waals surface area contributed by atoms with Gasteiger partial charge in [0.1, 0.15) is 0 Å². The smallest absolute Gasteiger partial charge is 0.257 e. The van der Waals surface area contributed by atoms with Crippen LogP contribution < -0.4 is 4.90 Å². The van der Waals surface area contributed by atoms with Crippen molar-refractivity contribution < 1.29 is 4.79 Å². The largest absolute Gasteiger partial charge is 0.345 e. The number of benzene rings is 2. The molecule has 1 aliphatic heterocycles. The van der Waals surface area contributed by atoms with Crippen LogP contribution in [-0.2, 0) is 0 Å². The Kier molecular flexibility index (Phi) is 4.98. The number of hydrogen-bond donors (Lipinski definition) is 0. The number of nitrogens with zero attached hydrogens (tertiary/aromatic N) is 5. The summed E-state index contributed by atoms with van der Waals surface area (Å²) in [6, 6.07) is 14.2. The Hall–Kier alpha value is -3.19. The van der Waals surface area contributed by atoms with Gasteiger partial charge in [0.05, 0.1) is 33.4 Å². The lowest BCUT2D eigenvalue weighted by atomic mass is 10.1. The van der Waals surface area contributed by atoms with Crippen LogP contribution in [0.1, 0.15) is 27.2 Å². The first kappa shape index (κ1) is 19.8. The highest BCUT2D eigenvalue weighted by Crippen LogP contribution is 2.32. The molecule has 2 aromatic heterocycles. The van der Waals surface area contributed by atoms with E-state index in [1.54, 1.807) is 17.5 Å². The number of rotatable bonds is 3. The summed E-state index contributed by atoms with van der Waals surface area (Å²) in [5.74, 6) is 0.0510. The lowest BCUT2D eigenvalue weighted by molar-refractivity contribution is 0.0746. The van der Waals surface area contributed by atoms with Gasteiger partial charge in [-0.1, -0.05) is 35.6 Å². The number of para-hydroxylation sites is 1. The van der Waals surface area contributed by atoms with Crippen molar-refractivity contribution in [3.63, 3.8) is 0 Å². The molecular formula is C24H25N5OS. The van der Waals surface area contributed by atoms with Crippen LogP contribution in [0.25, 0.3) is 15.9 Å². The molecule has 0 unspecified atom stereocenters. The van der Waals surface area contributed by atoms with E-state index in [-0.39, 0.29) is 5.91 Å². The van der Waals surface area contributed by atoms with Gasteiger partial charge in [-0.05, 0) is 50.1 Å². The normalized spacial score (nSPS) is 14.4. The van der Waals surface area contributed by atoms with Crippen LogP contribution in [0.15, 0.2) is 48.7 Å². The van der Waals surface area contributed by atoms with Crippen LogP contribution in [0.5, 0.6) is 0 Å². The number of amides is 1. The first-order valence-electron chi connectivity index (χ1n) is 10.5. The Bertz CT molecular complexity index is 1250. The van der Waals surface area contributed by atoms with Gasteiger partial charge >= 0.3 is 0 Å². The molecule has 0 radical (unpaired) electrons. The fourth-order valence-corrected chi connectivity index (χ4v) is 5.15. The van der Waals surface area contributed by atoms with Crippen LogP contribution in [0.2, 0.25) is 0 Å². The minimum Gasteiger partial charge on any atom is -0.345 e. The van der Waals surface area contributed by atoms with Crippen molar-refractivity contribution in [1.82, 2.24) is 19.7 Å². The summed E-state index contributed by atoms with van der Waals surface area (Å²) in [7, 11) is 0. The minimum atomic E-state index is 0.0510. The number of hydrogen-bond acceptors (Lipinski definition) is 5. The second-order valence-electron chi connectivity index (χ2n) is 8.02. The molecule has 3 heterocycles. The molecule has 7 heteroatoms. The Morgan fingerprint density at radius 3 is 2.45 bits per heavy atom. The summed E-state index contributed by atoms with van der Waals surface area (Å²) in [4.78, 5) is 22.3. The molecule has 31 heavy (non-hydrogen) atoms. The first-order chi connectivity index (χ1) is 15.0. The Labute approximate surface area is 185 Å². The van der Waals surface area contributed by atoms with Crippen molar-refractivity contribution in [2.45, 2.75) is 20.8 Å². The van der Waals surface area contributed by atoms with Crippen LogP contribution in [0, 0.1) is 20.8 Å². The van der Waals surface area contributed by atoms with E-state index in [1.165, 1.54) is 15.8 Å². The SMILES string of the molecule is Cc1ccc2sc(N3CCN(C(=O)c4cnn(-c5ccccc5)c4C)CC3)nc2c1C. The number of fused-ring (bicyclic) bond motifs is 1. The monoisotopic (exact) mass is 431 g/mol. The number of piperazine rings is 1. The average molecular weight is 432 g/mol. The lowest BCUT2D eigenvalue weighted by Crippen LogP contribution is -2.48. The minimum absolute atomic E-state index is 0.0510. The van der Waals surface area contributed by atoms with Gasteiger partial charge in [0.2, 0.25) is 0 Å². The number of aromatic nitrogens is 3. The Morgan fingerprint density at radius 2 is 1.71 bits per heavy atom. The van der Waals surface area contributed by atoms with Crippen molar-refractivity contribution in [3.05, 3.63) is 71.0 Å². The lowest BCUT2D eigenvalue weighted by Gasteiger charge is -2.34. The fraction of sp³-hybridized carbons (Fsp3) is 0.292. The van der Waals surface area contributed by atoms with Gasteiger partial charge in [-0.25, -0.2) is 9.67 Å². The van der Waals surface area contributed by atoms with Gasteiger partial charge in [-0.2, -0.15) is 5.10 Å². The van der Waals surface area contributed by atoms with Crippen molar-refractivity contribution in [3.8, 4) is 5.69 Å². The highest BCUT2D eigenvalue weighted by atomic mass is 32.1. The van der Waals surface area contributed by atoms with Crippen LogP contribution in [-0.4, -0.2) is 51.8 Å². The van der Waals surface area contributed by atoms with E-state index in [2.05, 4.69) is 36.0 Å². The average Bonchev–Trinajstić information content (AvgIpc) is 3.41.